The van der Waals surface area contributed by atoms with Gasteiger partial charge in [0.25, 0.3) is 6.43 Å². The molecule has 0 saturated heterocycles. The maximum absolute atomic E-state index is 12.2. The van der Waals surface area contributed by atoms with Crippen LogP contribution in [0.15, 0.2) is 0 Å². The van der Waals surface area contributed by atoms with E-state index in [1.165, 1.54) is 11.9 Å². The Morgan fingerprint density at radius 1 is 1.29 bits per heavy atom. The van der Waals surface area contributed by atoms with Crippen molar-refractivity contribution in [2.75, 3.05) is 18.5 Å². The lowest BCUT2D eigenvalue weighted by atomic mass is 10.5. The van der Waals surface area contributed by atoms with E-state index in [1.807, 2.05) is 0 Å². The molecule has 0 aliphatic heterocycles. The maximum Gasteiger partial charge on any atom is 0.322 e. The van der Waals surface area contributed by atoms with E-state index in [4.69, 9.17) is 16.3 Å². The fourth-order valence-corrected chi connectivity index (χ4v) is 1.19. The summed E-state index contributed by atoms with van der Waals surface area (Å²) in [6, 6.07) is 0.0242. The number of hydrogen-bond donors (Lipinski definition) is 0. The van der Waals surface area contributed by atoms with Gasteiger partial charge in [-0.1, -0.05) is 0 Å². The van der Waals surface area contributed by atoms with Gasteiger partial charge >= 0.3 is 6.01 Å². The summed E-state index contributed by atoms with van der Waals surface area (Å²) in [7, 11) is 1.44. The summed E-state index contributed by atoms with van der Waals surface area (Å²) in [6.07, 6.45) is -2.62. The minimum Gasteiger partial charge on any atom is -0.461 e. The van der Waals surface area contributed by atoms with E-state index in [0.29, 0.717) is 0 Å². The molecule has 0 aliphatic rings. The van der Waals surface area contributed by atoms with Crippen molar-refractivity contribution in [2.24, 2.45) is 0 Å². The number of alkyl halides is 2. The lowest BCUT2D eigenvalue weighted by molar-refractivity contribution is 0.155. The molecule has 0 bridgehead atoms. The van der Waals surface area contributed by atoms with Crippen LogP contribution in [0.2, 0.25) is 5.28 Å². The molecule has 0 radical (unpaired) electrons. The van der Waals surface area contributed by atoms with E-state index >= 15 is 0 Å². The zero-order chi connectivity index (χ0) is 13.0. The smallest absolute Gasteiger partial charge is 0.322 e. The Bertz CT molecular complexity index is 378. The standard InChI is InChI=1S/C9H13ClF2N4O/c1-5(2)17-9-14-7(10)13-8(15-9)16(3)4-6(11)12/h5-6H,4H2,1-3H3. The Morgan fingerprint density at radius 2 is 1.94 bits per heavy atom. The quantitative estimate of drug-likeness (QED) is 0.816. The third-order valence-electron chi connectivity index (χ3n) is 1.67. The molecule has 5 nitrogen and oxygen atoms in total. The molecular weight excluding hydrogens is 254 g/mol. The normalized spacial score (nSPS) is 11.1. The third-order valence-corrected chi connectivity index (χ3v) is 1.84. The van der Waals surface area contributed by atoms with Crippen molar-refractivity contribution in [3.63, 3.8) is 0 Å². The van der Waals surface area contributed by atoms with Crippen LogP contribution in [-0.4, -0.2) is 41.1 Å². The number of hydrogen-bond acceptors (Lipinski definition) is 5. The van der Waals surface area contributed by atoms with Crippen LogP contribution >= 0.6 is 11.6 Å². The SMILES string of the molecule is CC(C)Oc1nc(Cl)nc(N(C)CC(F)F)n1. The van der Waals surface area contributed by atoms with Crippen molar-refractivity contribution < 1.29 is 13.5 Å². The highest BCUT2D eigenvalue weighted by molar-refractivity contribution is 6.28. The molecule has 0 fully saturated rings. The van der Waals surface area contributed by atoms with Crippen molar-refractivity contribution in [3.8, 4) is 6.01 Å². The molecule has 17 heavy (non-hydrogen) atoms. The number of aromatic nitrogens is 3. The van der Waals surface area contributed by atoms with Crippen molar-refractivity contribution in [2.45, 2.75) is 26.4 Å². The Labute approximate surface area is 103 Å². The number of rotatable bonds is 5. The zero-order valence-corrected chi connectivity index (χ0v) is 10.4. The summed E-state index contributed by atoms with van der Waals surface area (Å²) in [6.45, 7) is 3.10. The van der Waals surface area contributed by atoms with E-state index in [2.05, 4.69) is 15.0 Å². The predicted molar refractivity (Wildman–Crippen MR) is 59.9 cm³/mol. The van der Waals surface area contributed by atoms with E-state index in [9.17, 15) is 8.78 Å². The van der Waals surface area contributed by atoms with Gasteiger partial charge in [-0.05, 0) is 25.4 Å². The molecule has 8 heteroatoms. The second kappa shape index (κ2) is 5.90. The fourth-order valence-electron chi connectivity index (χ4n) is 1.04. The van der Waals surface area contributed by atoms with Gasteiger partial charge in [0, 0.05) is 7.05 Å². The first kappa shape index (κ1) is 13.8. The highest BCUT2D eigenvalue weighted by Gasteiger charge is 2.14. The Hall–Kier alpha value is -1.24. The molecule has 0 aliphatic carbocycles. The number of ether oxygens (including phenoxy) is 1. The first-order chi connectivity index (χ1) is 7.88. The summed E-state index contributed by atoms with van der Waals surface area (Å²) < 4.78 is 29.6. The van der Waals surface area contributed by atoms with Gasteiger partial charge < -0.3 is 9.64 Å². The summed E-state index contributed by atoms with van der Waals surface area (Å²) >= 11 is 5.66. The van der Waals surface area contributed by atoms with Gasteiger partial charge in [0.05, 0.1) is 12.6 Å². The van der Waals surface area contributed by atoms with Gasteiger partial charge in [-0.2, -0.15) is 15.0 Å². The molecule has 96 valence electrons. The predicted octanol–water partition coefficient (Wildman–Crippen LogP) is 2.01. The van der Waals surface area contributed by atoms with E-state index in [1.54, 1.807) is 13.8 Å². The average molecular weight is 267 g/mol. The van der Waals surface area contributed by atoms with Crippen LogP contribution in [-0.2, 0) is 0 Å². The first-order valence-corrected chi connectivity index (χ1v) is 5.33. The lowest BCUT2D eigenvalue weighted by Crippen LogP contribution is -2.26. The second-order valence-electron chi connectivity index (χ2n) is 3.63. The molecule has 0 amide bonds. The van der Waals surface area contributed by atoms with Crippen LogP contribution in [0.25, 0.3) is 0 Å². The molecule has 1 heterocycles. The van der Waals surface area contributed by atoms with E-state index in [0.717, 1.165) is 0 Å². The zero-order valence-electron chi connectivity index (χ0n) is 9.69. The van der Waals surface area contributed by atoms with Gasteiger partial charge in [-0.3, -0.25) is 0 Å². The van der Waals surface area contributed by atoms with Crippen molar-refractivity contribution >= 4 is 17.5 Å². The topological polar surface area (TPSA) is 51.1 Å². The summed E-state index contributed by atoms with van der Waals surface area (Å²) in [5.74, 6) is 0.0564. The number of nitrogens with zero attached hydrogens (tertiary/aromatic N) is 4. The van der Waals surface area contributed by atoms with Gasteiger partial charge in [0.2, 0.25) is 11.2 Å². The van der Waals surface area contributed by atoms with Crippen molar-refractivity contribution in [1.29, 1.82) is 0 Å². The third kappa shape index (κ3) is 4.64. The molecular formula is C9H13ClF2N4O. The summed E-state index contributed by atoms with van der Waals surface area (Å²) in [4.78, 5) is 12.6. The molecule has 0 spiro atoms. The monoisotopic (exact) mass is 266 g/mol. The average Bonchev–Trinajstić information content (AvgIpc) is 2.14. The van der Waals surface area contributed by atoms with Gasteiger partial charge in [-0.25, -0.2) is 8.78 Å². The molecule has 0 atom stereocenters. The van der Waals surface area contributed by atoms with Crippen LogP contribution in [0.3, 0.4) is 0 Å². The Kier molecular flexibility index (Phi) is 4.80. The highest BCUT2D eigenvalue weighted by atomic mass is 35.5. The second-order valence-corrected chi connectivity index (χ2v) is 3.96. The number of halogens is 3. The first-order valence-electron chi connectivity index (χ1n) is 4.96. The van der Waals surface area contributed by atoms with E-state index in [-0.39, 0.29) is 23.3 Å². The largest absolute Gasteiger partial charge is 0.461 e. The summed E-state index contributed by atoms with van der Waals surface area (Å²) in [5, 5.41) is -0.0910. The molecule has 1 rings (SSSR count). The molecule has 0 N–H and O–H groups in total. The fraction of sp³-hybridized carbons (Fsp3) is 0.667. The Balaban J connectivity index is 2.88. The molecule has 1 aromatic heterocycles. The van der Waals surface area contributed by atoms with E-state index < -0.39 is 13.0 Å². The molecule has 0 saturated carbocycles. The number of anilines is 1. The molecule has 0 unspecified atom stereocenters. The lowest BCUT2D eigenvalue weighted by Gasteiger charge is -2.17. The van der Waals surface area contributed by atoms with Crippen molar-refractivity contribution in [3.05, 3.63) is 5.28 Å². The maximum atomic E-state index is 12.2. The minimum absolute atomic E-state index is 0.0242. The summed E-state index contributed by atoms with van der Waals surface area (Å²) in [5.41, 5.74) is 0. The Morgan fingerprint density at radius 3 is 2.47 bits per heavy atom. The molecule has 1 aromatic rings. The van der Waals surface area contributed by atoms with Gasteiger partial charge in [0.15, 0.2) is 0 Å². The highest BCUT2D eigenvalue weighted by Crippen LogP contribution is 2.15. The van der Waals surface area contributed by atoms with Crippen molar-refractivity contribution in [1.82, 2.24) is 15.0 Å². The minimum atomic E-state index is -2.48. The van der Waals surface area contributed by atoms with Crippen LogP contribution in [0.1, 0.15) is 13.8 Å². The van der Waals surface area contributed by atoms with Gasteiger partial charge in [-0.15, -0.1) is 0 Å². The molecule has 0 aromatic carbocycles. The van der Waals surface area contributed by atoms with Crippen LogP contribution < -0.4 is 9.64 Å². The van der Waals surface area contributed by atoms with Crippen LogP contribution in [0.4, 0.5) is 14.7 Å². The van der Waals surface area contributed by atoms with Crippen LogP contribution in [0, 0.1) is 0 Å². The van der Waals surface area contributed by atoms with Crippen LogP contribution in [0.5, 0.6) is 6.01 Å². The van der Waals surface area contributed by atoms with Gasteiger partial charge in [0.1, 0.15) is 0 Å².